The van der Waals surface area contributed by atoms with Crippen LogP contribution in [-0.2, 0) is 26.2 Å². The normalized spacial score (nSPS) is 14.5. The van der Waals surface area contributed by atoms with Crippen molar-refractivity contribution in [2.24, 2.45) is 0 Å². The molecule has 1 saturated carbocycles. The molecular formula is C35H45N3O5S. The van der Waals surface area contributed by atoms with Gasteiger partial charge in [0.05, 0.1) is 17.7 Å². The molecule has 8 nitrogen and oxygen atoms in total. The summed E-state index contributed by atoms with van der Waals surface area (Å²) in [5.74, 6) is 0.0146. The number of benzene rings is 3. The Bertz CT molecular complexity index is 1510. The average molecular weight is 620 g/mol. The van der Waals surface area contributed by atoms with Gasteiger partial charge < -0.3 is 15.0 Å². The highest BCUT2D eigenvalue weighted by Gasteiger charge is 2.34. The lowest BCUT2D eigenvalue weighted by Gasteiger charge is -2.34. The van der Waals surface area contributed by atoms with Gasteiger partial charge in [-0.1, -0.05) is 62.1 Å². The summed E-state index contributed by atoms with van der Waals surface area (Å²) in [4.78, 5) is 29.7. The van der Waals surface area contributed by atoms with E-state index in [1.54, 1.807) is 43.5 Å². The second kappa shape index (κ2) is 14.8. The smallest absolute Gasteiger partial charge is 0.264 e. The average Bonchev–Trinajstić information content (AvgIpc) is 3.00. The fourth-order valence-corrected chi connectivity index (χ4v) is 7.25. The van der Waals surface area contributed by atoms with Gasteiger partial charge in [0, 0.05) is 12.6 Å². The molecule has 0 aromatic heterocycles. The maximum atomic E-state index is 14.4. The zero-order chi connectivity index (χ0) is 31.9. The highest BCUT2D eigenvalue weighted by atomic mass is 32.2. The number of hydrogen-bond donors (Lipinski definition) is 1. The molecular weight excluding hydrogens is 574 g/mol. The van der Waals surface area contributed by atoms with Crippen molar-refractivity contribution < 1.29 is 22.7 Å². The van der Waals surface area contributed by atoms with E-state index >= 15 is 0 Å². The largest absolute Gasteiger partial charge is 0.497 e. The summed E-state index contributed by atoms with van der Waals surface area (Å²) in [6.45, 7) is 7.25. The molecule has 4 rings (SSSR count). The van der Waals surface area contributed by atoms with Crippen LogP contribution < -0.4 is 14.4 Å². The number of nitrogens with one attached hydrogen (secondary N) is 1. The van der Waals surface area contributed by atoms with E-state index in [2.05, 4.69) is 5.32 Å². The van der Waals surface area contributed by atoms with Gasteiger partial charge >= 0.3 is 0 Å². The number of hydrogen-bond acceptors (Lipinski definition) is 5. The van der Waals surface area contributed by atoms with Crippen molar-refractivity contribution in [3.8, 4) is 5.75 Å². The first-order chi connectivity index (χ1) is 21.0. The maximum absolute atomic E-state index is 14.4. The van der Waals surface area contributed by atoms with E-state index in [1.165, 1.54) is 9.21 Å². The minimum Gasteiger partial charge on any atom is -0.497 e. The number of carbonyl (C=O) groups is 2. The molecule has 0 saturated heterocycles. The summed E-state index contributed by atoms with van der Waals surface area (Å²) in [5.41, 5.74) is 3.90. The van der Waals surface area contributed by atoms with Crippen LogP contribution in [0, 0.1) is 20.8 Å². The van der Waals surface area contributed by atoms with Crippen LogP contribution in [0.15, 0.2) is 71.6 Å². The number of aryl methyl sites for hydroxylation is 3. The van der Waals surface area contributed by atoms with Crippen molar-refractivity contribution in [1.82, 2.24) is 10.2 Å². The van der Waals surface area contributed by atoms with E-state index < -0.39 is 28.5 Å². The number of nitrogens with zero attached hydrogens (tertiary/aromatic N) is 2. The molecule has 2 amide bonds. The highest BCUT2D eigenvalue weighted by molar-refractivity contribution is 7.92. The van der Waals surface area contributed by atoms with Crippen molar-refractivity contribution in [2.75, 3.05) is 18.0 Å². The third-order valence-electron chi connectivity index (χ3n) is 8.23. The van der Waals surface area contributed by atoms with Crippen LogP contribution in [0.25, 0.3) is 0 Å². The standard InChI is InChI=1S/C35H45N3O5S/c1-6-33(35(40)36-29-10-8-7-9-11-29)37(23-28-14-16-31(43-5)17-15-28)34(39)24-38(30-21-26(3)20-27(4)22-30)44(41,42)32-18-12-25(2)13-19-32/h12-22,29,33H,6-11,23-24H2,1-5H3,(H,36,40)/t33-/m1/s1. The second-order valence-electron chi connectivity index (χ2n) is 11.8. The number of rotatable bonds is 12. The van der Waals surface area contributed by atoms with Crippen LogP contribution in [0.1, 0.15) is 67.7 Å². The molecule has 236 valence electrons. The molecule has 1 fully saturated rings. The molecule has 0 spiro atoms. The second-order valence-corrected chi connectivity index (χ2v) is 13.7. The van der Waals surface area contributed by atoms with Crippen LogP contribution in [0.3, 0.4) is 0 Å². The number of ether oxygens (including phenoxy) is 1. The van der Waals surface area contributed by atoms with Crippen molar-refractivity contribution in [3.63, 3.8) is 0 Å². The molecule has 9 heteroatoms. The van der Waals surface area contributed by atoms with Crippen LogP contribution in [-0.4, -0.2) is 50.9 Å². The summed E-state index contributed by atoms with van der Waals surface area (Å²) in [7, 11) is -2.53. The molecule has 1 aliphatic carbocycles. The van der Waals surface area contributed by atoms with Crippen molar-refractivity contribution in [2.45, 2.75) is 89.7 Å². The monoisotopic (exact) mass is 619 g/mol. The molecule has 3 aromatic carbocycles. The first-order valence-corrected chi connectivity index (χ1v) is 16.9. The quantitative estimate of drug-likeness (QED) is 0.266. The van der Waals surface area contributed by atoms with Gasteiger partial charge in [-0.15, -0.1) is 0 Å². The van der Waals surface area contributed by atoms with Gasteiger partial charge in [0.15, 0.2) is 0 Å². The van der Waals surface area contributed by atoms with E-state index in [1.807, 2.05) is 58.0 Å². The molecule has 44 heavy (non-hydrogen) atoms. The molecule has 0 unspecified atom stereocenters. The SMILES string of the molecule is CC[C@H](C(=O)NC1CCCCC1)N(Cc1ccc(OC)cc1)C(=O)CN(c1cc(C)cc(C)c1)S(=O)(=O)c1ccc(C)cc1. The minimum absolute atomic E-state index is 0.0805. The molecule has 0 radical (unpaired) electrons. The maximum Gasteiger partial charge on any atom is 0.264 e. The van der Waals surface area contributed by atoms with Gasteiger partial charge in [0.2, 0.25) is 11.8 Å². The summed E-state index contributed by atoms with van der Waals surface area (Å²) < 4.78 is 34.8. The lowest BCUT2D eigenvalue weighted by molar-refractivity contribution is -0.140. The Labute approximate surface area is 262 Å². The molecule has 0 bridgehead atoms. The Morgan fingerprint density at radius 2 is 1.50 bits per heavy atom. The Balaban J connectivity index is 1.73. The van der Waals surface area contributed by atoms with Crippen LogP contribution in [0.4, 0.5) is 5.69 Å². The van der Waals surface area contributed by atoms with Gasteiger partial charge in [0.25, 0.3) is 10.0 Å². The van der Waals surface area contributed by atoms with Gasteiger partial charge in [0.1, 0.15) is 18.3 Å². The topological polar surface area (TPSA) is 96.0 Å². The fraction of sp³-hybridized carbons (Fsp3) is 0.429. The predicted molar refractivity (Wildman–Crippen MR) is 174 cm³/mol. The fourth-order valence-electron chi connectivity index (χ4n) is 5.85. The van der Waals surface area contributed by atoms with Crippen LogP contribution >= 0.6 is 0 Å². The van der Waals surface area contributed by atoms with Crippen molar-refractivity contribution >= 4 is 27.5 Å². The van der Waals surface area contributed by atoms with Crippen molar-refractivity contribution in [1.29, 1.82) is 0 Å². The molecule has 0 heterocycles. The van der Waals surface area contributed by atoms with E-state index in [0.717, 1.165) is 54.4 Å². The summed E-state index contributed by atoms with van der Waals surface area (Å²) >= 11 is 0. The van der Waals surface area contributed by atoms with Crippen LogP contribution in [0.2, 0.25) is 0 Å². The lowest BCUT2D eigenvalue weighted by atomic mass is 9.95. The first kappa shape index (κ1) is 33.1. The zero-order valence-corrected chi connectivity index (χ0v) is 27.3. The Morgan fingerprint density at radius 3 is 2.07 bits per heavy atom. The third kappa shape index (κ3) is 8.20. The predicted octanol–water partition coefficient (Wildman–Crippen LogP) is 6.07. The first-order valence-electron chi connectivity index (χ1n) is 15.4. The molecule has 0 aliphatic heterocycles. The summed E-state index contributed by atoms with van der Waals surface area (Å²) in [6, 6.07) is 18.8. The summed E-state index contributed by atoms with van der Waals surface area (Å²) in [6.07, 6.45) is 5.52. The Kier molecular flexibility index (Phi) is 11.1. The molecule has 1 atom stereocenters. The van der Waals surface area contributed by atoms with E-state index in [4.69, 9.17) is 4.74 Å². The van der Waals surface area contributed by atoms with E-state index in [0.29, 0.717) is 17.9 Å². The number of amides is 2. The number of anilines is 1. The van der Waals surface area contributed by atoms with E-state index in [9.17, 15) is 18.0 Å². The molecule has 1 aliphatic rings. The number of carbonyl (C=O) groups excluding carboxylic acids is 2. The minimum atomic E-state index is -4.12. The van der Waals surface area contributed by atoms with Gasteiger partial charge in [-0.3, -0.25) is 13.9 Å². The Morgan fingerprint density at radius 1 is 0.886 bits per heavy atom. The number of methoxy groups -OCH3 is 1. The Hall–Kier alpha value is -3.85. The van der Waals surface area contributed by atoms with Crippen LogP contribution in [0.5, 0.6) is 5.75 Å². The van der Waals surface area contributed by atoms with Gasteiger partial charge in [-0.2, -0.15) is 0 Å². The van der Waals surface area contributed by atoms with Gasteiger partial charge in [-0.25, -0.2) is 8.42 Å². The summed E-state index contributed by atoms with van der Waals surface area (Å²) in [5, 5.41) is 3.19. The highest BCUT2D eigenvalue weighted by Crippen LogP contribution is 2.27. The van der Waals surface area contributed by atoms with Gasteiger partial charge in [-0.05, 0) is 93.1 Å². The van der Waals surface area contributed by atoms with E-state index in [-0.39, 0.29) is 23.4 Å². The molecule has 1 N–H and O–H groups in total. The third-order valence-corrected chi connectivity index (χ3v) is 10.0. The zero-order valence-electron chi connectivity index (χ0n) is 26.5. The number of sulfonamides is 1. The van der Waals surface area contributed by atoms with Crippen molar-refractivity contribution in [3.05, 3.63) is 89.0 Å². The lowest BCUT2D eigenvalue weighted by Crippen LogP contribution is -2.54. The molecule has 3 aromatic rings.